The van der Waals surface area contributed by atoms with E-state index in [1.807, 2.05) is 0 Å². The molecule has 1 rings (SSSR count). The van der Waals surface area contributed by atoms with Crippen molar-refractivity contribution in [1.29, 1.82) is 0 Å². The Balaban J connectivity index is 2.85. The molecule has 1 amide bonds. The number of nitrogens with one attached hydrogen (secondary N) is 1. The molecule has 0 aromatic heterocycles. The minimum atomic E-state index is -1.58. The van der Waals surface area contributed by atoms with E-state index in [-0.39, 0.29) is 0 Å². The Morgan fingerprint density at radius 3 is 2.69 bits per heavy atom. The molecule has 0 fully saturated rings. The van der Waals surface area contributed by atoms with Crippen LogP contribution < -0.4 is 11.1 Å². The third-order valence-corrected chi connectivity index (χ3v) is 2.48. The van der Waals surface area contributed by atoms with Crippen molar-refractivity contribution in [2.24, 2.45) is 5.73 Å². The van der Waals surface area contributed by atoms with Gasteiger partial charge in [-0.1, -0.05) is 17.7 Å². The molecule has 0 heterocycles. The summed E-state index contributed by atoms with van der Waals surface area (Å²) >= 11 is 5.84. The molecule has 0 aliphatic heterocycles. The lowest BCUT2D eigenvalue weighted by molar-refractivity contribution is -0.141. The Hall–Kier alpha value is -1.59. The van der Waals surface area contributed by atoms with Crippen LogP contribution in [0, 0.1) is 6.92 Å². The second kappa shape index (κ2) is 4.96. The van der Waals surface area contributed by atoms with E-state index in [0.29, 0.717) is 16.3 Å². The molecule has 1 unspecified atom stereocenters. The molecular formula is C10H11ClN2O3. The number of halogens is 1. The summed E-state index contributed by atoms with van der Waals surface area (Å²) in [7, 11) is 0. The van der Waals surface area contributed by atoms with Gasteiger partial charge in [0.05, 0.1) is 0 Å². The molecule has 0 aliphatic rings. The third kappa shape index (κ3) is 2.71. The Morgan fingerprint density at radius 2 is 2.12 bits per heavy atom. The molecule has 0 saturated carbocycles. The lowest BCUT2D eigenvalue weighted by Crippen LogP contribution is -2.42. The van der Waals surface area contributed by atoms with Gasteiger partial charge in [-0.05, 0) is 24.6 Å². The van der Waals surface area contributed by atoms with E-state index in [1.54, 1.807) is 25.1 Å². The van der Waals surface area contributed by atoms with E-state index in [2.05, 4.69) is 5.32 Å². The van der Waals surface area contributed by atoms with Gasteiger partial charge in [0.2, 0.25) is 0 Å². The largest absolute Gasteiger partial charge is 0.480 e. The molecule has 0 aliphatic carbocycles. The van der Waals surface area contributed by atoms with Crippen LogP contribution in [0.3, 0.4) is 0 Å². The van der Waals surface area contributed by atoms with Gasteiger partial charge < -0.3 is 16.2 Å². The summed E-state index contributed by atoms with van der Waals surface area (Å²) in [5.41, 5.74) is 6.27. The number of carboxylic acid groups (broad SMARTS) is 1. The van der Waals surface area contributed by atoms with Crippen molar-refractivity contribution in [1.82, 2.24) is 0 Å². The molecule has 0 bridgehead atoms. The first-order valence-corrected chi connectivity index (χ1v) is 4.85. The number of aliphatic carboxylic acids is 1. The standard InChI is InChI=1S/C10H11ClN2O3/c1-5-6(11)3-2-4-7(5)13-9(14)8(12)10(15)16/h2-4,8H,12H2,1H3,(H,13,14)(H,15,16). The minimum Gasteiger partial charge on any atom is -0.480 e. The van der Waals surface area contributed by atoms with Crippen LogP contribution in [0.4, 0.5) is 5.69 Å². The number of nitrogens with two attached hydrogens (primary N) is 1. The number of carbonyl (C=O) groups excluding carboxylic acids is 1. The van der Waals surface area contributed by atoms with Gasteiger partial charge in [-0.3, -0.25) is 4.79 Å². The van der Waals surface area contributed by atoms with Crippen molar-refractivity contribution in [3.63, 3.8) is 0 Å². The van der Waals surface area contributed by atoms with E-state index in [9.17, 15) is 9.59 Å². The predicted octanol–water partition coefficient (Wildman–Crippen LogP) is 0.999. The Bertz CT molecular complexity index is 434. The maximum absolute atomic E-state index is 11.4. The molecule has 1 aromatic carbocycles. The quantitative estimate of drug-likeness (QED) is 0.690. The molecule has 1 atom stereocenters. The first-order valence-electron chi connectivity index (χ1n) is 4.48. The van der Waals surface area contributed by atoms with Crippen molar-refractivity contribution in [2.75, 3.05) is 5.32 Å². The third-order valence-electron chi connectivity index (χ3n) is 2.07. The Labute approximate surface area is 97.2 Å². The molecule has 86 valence electrons. The summed E-state index contributed by atoms with van der Waals surface area (Å²) < 4.78 is 0. The normalized spacial score (nSPS) is 11.9. The first-order chi connectivity index (χ1) is 7.43. The molecule has 0 saturated heterocycles. The van der Waals surface area contributed by atoms with Gasteiger partial charge in [-0.15, -0.1) is 0 Å². The SMILES string of the molecule is Cc1c(Cl)cccc1NC(=O)C(N)C(=O)O. The zero-order valence-corrected chi connectivity index (χ0v) is 9.28. The highest BCUT2D eigenvalue weighted by atomic mass is 35.5. The predicted molar refractivity (Wildman–Crippen MR) is 60.4 cm³/mol. The van der Waals surface area contributed by atoms with Crippen LogP contribution in [0.1, 0.15) is 5.56 Å². The number of benzene rings is 1. The second-order valence-corrected chi connectivity index (χ2v) is 3.62. The number of carbonyl (C=O) groups is 2. The monoisotopic (exact) mass is 242 g/mol. The summed E-state index contributed by atoms with van der Waals surface area (Å²) in [6.07, 6.45) is 0. The van der Waals surface area contributed by atoms with Crippen molar-refractivity contribution >= 4 is 29.2 Å². The Morgan fingerprint density at radius 1 is 1.50 bits per heavy atom. The summed E-state index contributed by atoms with van der Waals surface area (Å²) in [4.78, 5) is 21.8. The number of hydrogen-bond donors (Lipinski definition) is 3. The molecule has 5 nitrogen and oxygen atoms in total. The Kier molecular flexibility index (Phi) is 3.87. The molecule has 0 spiro atoms. The van der Waals surface area contributed by atoms with Crippen LogP contribution in [0.5, 0.6) is 0 Å². The van der Waals surface area contributed by atoms with Gasteiger partial charge >= 0.3 is 5.97 Å². The van der Waals surface area contributed by atoms with Crippen LogP contribution in [-0.4, -0.2) is 23.0 Å². The van der Waals surface area contributed by atoms with Crippen molar-refractivity contribution in [2.45, 2.75) is 13.0 Å². The van der Waals surface area contributed by atoms with Crippen LogP contribution in [0.2, 0.25) is 5.02 Å². The topological polar surface area (TPSA) is 92.4 Å². The number of rotatable bonds is 3. The number of anilines is 1. The van der Waals surface area contributed by atoms with Crippen LogP contribution in [0.15, 0.2) is 18.2 Å². The summed E-state index contributed by atoms with van der Waals surface area (Å²) in [6, 6.07) is 3.35. The van der Waals surface area contributed by atoms with Crippen LogP contribution >= 0.6 is 11.6 Å². The molecular weight excluding hydrogens is 232 g/mol. The average molecular weight is 243 g/mol. The maximum Gasteiger partial charge on any atom is 0.330 e. The summed E-state index contributed by atoms with van der Waals surface area (Å²) in [5.74, 6) is -2.16. The van der Waals surface area contributed by atoms with Crippen molar-refractivity contribution < 1.29 is 14.7 Å². The zero-order valence-electron chi connectivity index (χ0n) is 8.53. The van der Waals surface area contributed by atoms with Gasteiger partial charge in [0.1, 0.15) is 0 Å². The highest BCUT2D eigenvalue weighted by molar-refractivity contribution is 6.31. The van der Waals surface area contributed by atoms with Crippen molar-refractivity contribution in [3.8, 4) is 0 Å². The number of carboxylic acids is 1. The molecule has 0 radical (unpaired) electrons. The van der Waals surface area contributed by atoms with E-state index in [1.165, 1.54) is 0 Å². The fourth-order valence-electron chi connectivity index (χ4n) is 1.07. The average Bonchev–Trinajstić information content (AvgIpc) is 2.23. The molecule has 4 N–H and O–H groups in total. The first kappa shape index (κ1) is 12.5. The summed E-state index contributed by atoms with van der Waals surface area (Å²) in [5, 5.41) is 11.4. The fraction of sp³-hybridized carbons (Fsp3) is 0.200. The lowest BCUT2D eigenvalue weighted by atomic mass is 10.2. The number of hydrogen-bond acceptors (Lipinski definition) is 3. The smallest absolute Gasteiger partial charge is 0.330 e. The van der Waals surface area contributed by atoms with Gasteiger partial charge in [-0.25, -0.2) is 4.79 Å². The number of amides is 1. The maximum atomic E-state index is 11.4. The van der Waals surface area contributed by atoms with Crippen molar-refractivity contribution in [3.05, 3.63) is 28.8 Å². The zero-order chi connectivity index (χ0) is 12.3. The van der Waals surface area contributed by atoms with Gasteiger partial charge in [0.25, 0.3) is 5.91 Å². The fourth-order valence-corrected chi connectivity index (χ4v) is 1.24. The highest BCUT2D eigenvalue weighted by Gasteiger charge is 2.21. The van der Waals surface area contributed by atoms with Gasteiger partial charge in [0.15, 0.2) is 6.04 Å². The highest BCUT2D eigenvalue weighted by Crippen LogP contribution is 2.22. The minimum absolute atomic E-state index is 0.453. The van der Waals surface area contributed by atoms with Crippen LogP contribution in [-0.2, 0) is 9.59 Å². The summed E-state index contributed by atoms with van der Waals surface area (Å²) in [6.45, 7) is 1.71. The van der Waals surface area contributed by atoms with Gasteiger partial charge in [0, 0.05) is 10.7 Å². The second-order valence-electron chi connectivity index (χ2n) is 3.22. The molecule has 1 aromatic rings. The van der Waals surface area contributed by atoms with E-state index >= 15 is 0 Å². The van der Waals surface area contributed by atoms with Gasteiger partial charge in [-0.2, -0.15) is 0 Å². The van der Waals surface area contributed by atoms with E-state index in [0.717, 1.165) is 0 Å². The molecule has 6 heteroatoms. The lowest BCUT2D eigenvalue weighted by Gasteiger charge is -2.11. The van der Waals surface area contributed by atoms with E-state index in [4.69, 9.17) is 22.4 Å². The van der Waals surface area contributed by atoms with Crippen LogP contribution in [0.25, 0.3) is 0 Å². The molecule has 16 heavy (non-hydrogen) atoms. The van der Waals surface area contributed by atoms with E-state index < -0.39 is 17.9 Å².